The molecular weight excluding hydrogens is 595 g/mol. The first-order chi connectivity index (χ1) is 22.3. The number of halogens is 3. The fraction of sp³-hybridized carbons (Fsp3) is 0.294. The van der Waals surface area contributed by atoms with Gasteiger partial charge in [0.2, 0.25) is 0 Å². The molecule has 3 aromatic heterocycles. The van der Waals surface area contributed by atoms with Crippen molar-refractivity contribution in [1.82, 2.24) is 30.0 Å². The fourth-order valence-electron chi connectivity index (χ4n) is 7.22. The molecule has 0 radical (unpaired) electrons. The van der Waals surface area contributed by atoms with E-state index >= 15 is 4.39 Å². The number of ether oxygens (including phenoxy) is 1. The summed E-state index contributed by atoms with van der Waals surface area (Å²) in [6.45, 7) is 3.14. The Balaban J connectivity index is 1.27. The Kier molecular flexibility index (Phi) is 6.71. The van der Waals surface area contributed by atoms with Crippen LogP contribution in [0, 0.1) is 11.6 Å². The van der Waals surface area contributed by atoms with Crippen LogP contribution in [0.4, 0.5) is 24.7 Å². The third kappa shape index (κ3) is 4.66. The molecule has 0 spiro atoms. The summed E-state index contributed by atoms with van der Waals surface area (Å²) in [5.41, 5.74) is 1.46. The van der Waals surface area contributed by atoms with Crippen LogP contribution < -0.4 is 10.1 Å². The monoisotopic (exact) mass is 625 g/mol. The number of hydrogen-bond donors (Lipinski definition) is 3. The highest BCUT2D eigenvalue weighted by molar-refractivity contribution is 6.02. The predicted molar refractivity (Wildman–Crippen MR) is 169 cm³/mol. The number of aryl methyl sites for hydroxylation is 1. The molecule has 2 saturated heterocycles. The van der Waals surface area contributed by atoms with Crippen LogP contribution in [0.3, 0.4) is 0 Å². The van der Waals surface area contributed by atoms with E-state index in [2.05, 4.69) is 35.4 Å². The molecule has 9 nitrogen and oxygen atoms in total. The number of phenols is 1. The first-order valence-electron chi connectivity index (χ1n) is 15.3. The van der Waals surface area contributed by atoms with Crippen molar-refractivity contribution in [3.05, 3.63) is 72.1 Å². The first-order valence-corrected chi connectivity index (χ1v) is 15.3. The van der Waals surface area contributed by atoms with Crippen LogP contribution in [-0.4, -0.2) is 66.6 Å². The van der Waals surface area contributed by atoms with E-state index in [4.69, 9.17) is 4.74 Å². The van der Waals surface area contributed by atoms with Crippen molar-refractivity contribution in [2.75, 3.05) is 25.0 Å². The molecule has 8 rings (SSSR count). The number of hydrogen-bond acceptors (Lipinski definition) is 8. The minimum atomic E-state index is -0.933. The number of nitrogens with zero attached hydrogens (tertiary/aromatic N) is 5. The maximum absolute atomic E-state index is 16.7. The lowest BCUT2D eigenvalue weighted by molar-refractivity contribution is 0.107. The zero-order valence-electron chi connectivity index (χ0n) is 24.9. The quantitative estimate of drug-likeness (QED) is 0.175. The van der Waals surface area contributed by atoms with Gasteiger partial charge in [0.05, 0.1) is 22.6 Å². The molecule has 0 aliphatic carbocycles. The Hall–Kier alpha value is -4.97. The summed E-state index contributed by atoms with van der Waals surface area (Å²) in [5.74, 6) is -1.05. The van der Waals surface area contributed by atoms with Gasteiger partial charge in [-0.15, -0.1) is 0 Å². The van der Waals surface area contributed by atoms with E-state index < -0.39 is 23.3 Å². The number of anilines is 2. The number of phenolic OH excluding ortho intramolecular Hbond substituents is 1. The molecule has 234 valence electrons. The number of aromatic hydroxyl groups is 1. The van der Waals surface area contributed by atoms with E-state index in [-0.39, 0.29) is 46.3 Å². The van der Waals surface area contributed by atoms with E-state index in [1.54, 1.807) is 12.3 Å². The van der Waals surface area contributed by atoms with Gasteiger partial charge in [0.15, 0.2) is 5.82 Å². The van der Waals surface area contributed by atoms with Gasteiger partial charge in [-0.1, -0.05) is 13.0 Å². The fourth-order valence-corrected chi connectivity index (χ4v) is 7.22. The van der Waals surface area contributed by atoms with Gasteiger partial charge in [0.1, 0.15) is 41.4 Å². The molecular formula is C34H30F3N7O2. The van der Waals surface area contributed by atoms with Crippen molar-refractivity contribution in [1.29, 1.82) is 0 Å². The second-order valence-electron chi connectivity index (χ2n) is 12.2. The molecule has 0 unspecified atom stereocenters. The van der Waals surface area contributed by atoms with E-state index in [0.717, 1.165) is 30.3 Å². The Morgan fingerprint density at radius 1 is 1.11 bits per heavy atom. The molecule has 2 aliphatic heterocycles. The van der Waals surface area contributed by atoms with Crippen molar-refractivity contribution >= 4 is 44.1 Å². The highest BCUT2D eigenvalue weighted by Crippen LogP contribution is 2.42. The number of H-pyrrole nitrogens is 1. The van der Waals surface area contributed by atoms with Gasteiger partial charge in [-0.2, -0.15) is 15.1 Å². The Morgan fingerprint density at radius 3 is 2.85 bits per heavy atom. The van der Waals surface area contributed by atoms with Crippen molar-refractivity contribution < 1.29 is 23.0 Å². The van der Waals surface area contributed by atoms with Crippen LogP contribution >= 0.6 is 0 Å². The number of rotatable bonds is 7. The molecule has 0 saturated carbocycles. The van der Waals surface area contributed by atoms with Crippen molar-refractivity contribution in [2.24, 2.45) is 0 Å². The second-order valence-corrected chi connectivity index (χ2v) is 12.2. The van der Waals surface area contributed by atoms with Crippen LogP contribution in [0.1, 0.15) is 31.7 Å². The topological polar surface area (TPSA) is 112 Å². The molecule has 0 bridgehead atoms. The summed E-state index contributed by atoms with van der Waals surface area (Å²) >= 11 is 0. The number of fused-ring (bicyclic) bond motifs is 4. The molecule has 6 aromatic rings. The average Bonchev–Trinajstić information content (AvgIpc) is 3.74. The van der Waals surface area contributed by atoms with E-state index in [1.807, 2.05) is 25.1 Å². The average molecular weight is 626 g/mol. The lowest BCUT2D eigenvalue weighted by Crippen LogP contribution is -2.43. The summed E-state index contributed by atoms with van der Waals surface area (Å²) in [7, 11) is 0. The number of benzene rings is 3. The first kappa shape index (κ1) is 28.5. The molecule has 5 heterocycles. The molecule has 12 heteroatoms. The Labute approximate surface area is 261 Å². The molecule has 3 N–H and O–H groups in total. The van der Waals surface area contributed by atoms with Gasteiger partial charge in [-0.25, -0.2) is 13.2 Å². The predicted octanol–water partition coefficient (Wildman–Crippen LogP) is 6.97. The van der Waals surface area contributed by atoms with E-state index in [9.17, 15) is 13.9 Å². The van der Waals surface area contributed by atoms with Crippen LogP contribution in [-0.2, 0) is 6.42 Å². The Bertz CT molecular complexity index is 2160. The largest absolute Gasteiger partial charge is 0.508 e. The van der Waals surface area contributed by atoms with Gasteiger partial charge in [0.25, 0.3) is 0 Å². The van der Waals surface area contributed by atoms with Gasteiger partial charge in [-0.05, 0) is 78.5 Å². The van der Waals surface area contributed by atoms with Crippen LogP contribution in [0.15, 0.2) is 54.9 Å². The third-order valence-corrected chi connectivity index (χ3v) is 9.36. The summed E-state index contributed by atoms with van der Waals surface area (Å²) < 4.78 is 52.3. The molecule has 2 fully saturated rings. The highest BCUT2D eigenvalue weighted by atomic mass is 19.1. The molecule has 2 aliphatic rings. The summed E-state index contributed by atoms with van der Waals surface area (Å²) in [5, 5.41) is 23.0. The van der Waals surface area contributed by atoms with Gasteiger partial charge >= 0.3 is 6.01 Å². The zero-order chi connectivity index (χ0) is 31.6. The third-order valence-electron chi connectivity index (χ3n) is 9.36. The van der Waals surface area contributed by atoms with Crippen molar-refractivity contribution in [2.45, 2.75) is 44.3 Å². The Morgan fingerprint density at radius 2 is 1.98 bits per heavy atom. The number of alkyl halides is 1. The van der Waals surface area contributed by atoms with E-state index in [0.29, 0.717) is 41.4 Å². The summed E-state index contributed by atoms with van der Waals surface area (Å²) in [6, 6.07) is 11.3. The zero-order valence-corrected chi connectivity index (χ0v) is 24.9. The lowest BCUT2D eigenvalue weighted by Gasteiger charge is -2.30. The van der Waals surface area contributed by atoms with Crippen LogP contribution in [0.2, 0.25) is 0 Å². The standard InChI is InChI=1S/C34H30F3N7O2/c1-2-23-26(36)7-5-18-10-22(45)12-24(28(18)23)30-29(37)31-25(15-38-30)32(40-21-6-4-19-14-39-43-27(19)11-21)42-33(41-31)46-17-34-8-3-9-44(34)16-20(35)13-34/h4-7,10-12,14-15,20,45H,2-3,8-9,13,16-17H2,1H3,(H,39,43)(H,40,41,42)/t20-,34+/m1/s1. The number of aromatic amines is 1. The number of nitrogens with one attached hydrogen (secondary N) is 2. The lowest BCUT2D eigenvalue weighted by atomic mass is 9.94. The van der Waals surface area contributed by atoms with Gasteiger partial charge in [-0.3, -0.25) is 15.0 Å². The summed E-state index contributed by atoms with van der Waals surface area (Å²) in [6.07, 6.45) is 4.68. The maximum Gasteiger partial charge on any atom is 0.319 e. The van der Waals surface area contributed by atoms with Gasteiger partial charge < -0.3 is 15.2 Å². The summed E-state index contributed by atoms with van der Waals surface area (Å²) in [4.78, 5) is 15.7. The number of pyridine rings is 1. The highest BCUT2D eigenvalue weighted by Gasteiger charge is 2.49. The van der Waals surface area contributed by atoms with Crippen molar-refractivity contribution in [3.8, 4) is 23.0 Å². The molecule has 0 amide bonds. The van der Waals surface area contributed by atoms with Crippen LogP contribution in [0.5, 0.6) is 11.8 Å². The molecule has 3 aromatic carbocycles. The maximum atomic E-state index is 16.7. The van der Waals surface area contributed by atoms with Crippen LogP contribution in [0.25, 0.3) is 43.8 Å². The number of aromatic nitrogens is 5. The smallest absolute Gasteiger partial charge is 0.319 e. The SMILES string of the molecule is CCc1c(F)ccc2cc(O)cc(-c3ncc4c(Nc5ccc6cn[nH]c6c5)nc(OC[C@@]56CCCN5C[C@H](F)C6)nc4c3F)c12. The van der Waals surface area contributed by atoms with E-state index in [1.165, 1.54) is 24.4 Å². The molecule has 46 heavy (non-hydrogen) atoms. The minimum absolute atomic E-state index is 0.0679. The minimum Gasteiger partial charge on any atom is -0.508 e. The second kappa shape index (κ2) is 10.8. The van der Waals surface area contributed by atoms with Crippen molar-refractivity contribution in [3.63, 3.8) is 0 Å². The van der Waals surface area contributed by atoms with Gasteiger partial charge in [0, 0.05) is 35.8 Å². The molecule has 2 atom stereocenters. The normalized spacial score (nSPS) is 19.8.